The molecule has 58 valence electrons. The van der Waals surface area contributed by atoms with E-state index in [1.54, 1.807) is 0 Å². The molecule has 1 rings (SSSR count). The highest BCUT2D eigenvalue weighted by Crippen LogP contribution is 2.49. The molecule has 3 heteroatoms. The third-order valence-corrected chi connectivity index (χ3v) is 2.05. The number of hydrogen-bond donors (Lipinski definition) is 0. The molecule has 0 unspecified atom stereocenters. The molecule has 0 amide bonds. The number of methoxy groups -OCH3 is 1. The van der Waals surface area contributed by atoms with E-state index in [1.165, 1.54) is 7.11 Å². The highest BCUT2D eigenvalue weighted by molar-refractivity contribution is 5.79. The zero-order valence-electron chi connectivity index (χ0n) is 6.02. The van der Waals surface area contributed by atoms with Crippen molar-refractivity contribution >= 4 is 5.97 Å². The number of rotatable bonds is 3. The summed E-state index contributed by atoms with van der Waals surface area (Å²) in [5.74, 6) is -0.245. The van der Waals surface area contributed by atoms with Gasteiger partial charge in [-0.2, -0.15) is 0 Å². The third kappa shape index (κ3) is 1.13. The van der Waals surface area contributed by atoms with Crippen LogP contribution in [0.4, 0.5) is 4.39 Å². The van der Waals surface area contributed by atoms with Crippen LogP contribution >= 0.6 is 0 Å². The predicted molar refractivity (Wildman–Crippen MR) is 34.3 cm³/mol. The molecule has 0 bridgehead atoms. The first-order valence-electron chi connectivity index (χ1n) is 3.39. The normalized spacial score (nSPS) is 20.2. The Bertz CT molecular complexity index is 141. The summed E-state index contributed by atoms with van der Waals surface area (Å²) in [7, 11) is 1.35. The summed E-state index contributed by atoms with van der Waals surface area (Å²) in [5, 5.41) is 0. The Hall–Kier alpha value is -0.600. The molecule has 0 N–H and O–H groups in total. The Kier molecular flexibility index (Phi) is 1.92. The Morgan fingerprint density at radius 3 is 2.60 bits per heavy atom. The molecule has 0 heterocycles. The largest absolute Gasteiger partial charge is 0.469 e. The van der Waals surface area contributed by atoms with Crippen LogP contribution in [0.3, 0.4) is 0 Å². The topological polar surface area (TPSA) is 26.3 Å². The fourth-order valence-electron chi connectivity index (χ4n) is 1.10. The van der Waals surface area contributed by atoms with Crippen molar-refractivity contribution in [1.29, 1.82) is 0 Å². The molecule has 2 nitrogen and oxygen atoms in total. The van der Waals surface area contributed by atoms with Crippen LogP contribution in [0.15, 0.2) is 0 Å². The van der Waals surface area contributed by atoms with Crippen LogP contribution in [0.2, 0.25) is 0 Å². The fourth-order valence-corrected chi connectivity index (χ4v) is 1.10. The second-order valence-electron chi connectivity index (χ2n) is 2.71. The van der Waals surface area contributed by atoms with E-state index in [0.29, 0.717) is 6.42 Å². The van der Waals surface area contributed by atoms with Gasteiger partial charge in [-0.25, -0.2) is 0 Å². The first-order chi connectivity index (χ1) is 4.75. The van der Waals surface area contributed by atoms with E-state index in [9.17, 15) is 9.18 Å². The van der Waals surface area contributed by atoms with Gasteiger partial charge in [-0.05, 0) is 19.3 Å². The quantitative estimate of drug-likeness (QED) is 0.561. The molecule has 0 spiro atoms. The SMILES string of the molecule is COC(=O)C1(CCF)CC1. The number of alkyl halides is 1. The molecule has 0 aromatic carbocycles. The summed E-state index contributed by atoms with van der Waals surface area (Å²) in [6.45, 7) is -0.422. The van der Waals surface area contributed by atoms with Crippen molar-refractivity contribution in [3.63, 3.8) is 0 Å². The van der Waals surface area contributed by atoms with Crippen molar-refractivity contribution in [2.75, 3.05) is 13.8 Å². The number of carbonyl (C=O) groups excluding carboxylic acids is 1. The van der Waals surface area contributed by atoms with Gasteiger partial charge in [0.05, 0.1) is 19.2 Å². The lowest BCUT2D eigenvalue weighted by molar-refractivity contribution is -0.147. The Morgan fingerprint density at radius 2 is 2.30 bits per heavy atom. The van der Waals surface area contributed by atoms with Crippen LogP contribution in [-0.2, 0) is 9.53 Å². The van der Waals surface area contributed by atoms with Crippen LogP contribution in [0.5, 0.6) is 0 Å². The lowest BCUT2D eigenvalue weighted by Gasteiger charge is -2.08. The summed E-state index contributed by atoms with van der Waals surface area (Å²) in [4.78, 5) is 10.9. The molecule has 1 aliphatic rings. The molecule has 1 aliphatic carbocycles. The predicted octanol–water partition coefficient (Wildman–Crippen LogP) is 1.30. The van der Waals surface area contributed by atoms with Gasteiger partial charge in [-0.15, -0.1) is 0 Å². The second-order valence-corrected chi connectivity index (χ2v) is 2.71. The highest BCUT2D eigenvalue weighted by atomic mass is 19.1. The minimum absolute atomic E-state index is 0.245. The Morgan fingerprint density at radius 1 is 1.70 bits per heavy atom. The van der Waals surface area contributed by atoms with E-state index in [1.807, 2.05) is 0 Å². The van der Waals surface area contributed by atoms with E-state index < -0.39 is 12.1 Å². The number of ether oxygens (including phenoxy) is 1. The van der Waals surface area contributed by atoms with Crippen LogP contribution in [0.1, 0.15) is 19.3 Å². The van der Waals surface area contributed by atoms with Gasteiger partial charge < -0.3 is 4.74 Å². The van der Waals surface area contributed by atoms with Crippen molar-refractivity contribution in [1.82, 2.24) is 0 Å². The van der Waals surface area contributed by atoms with Crippen LogP contribution < -0.4 is 0 Å². The molecule has 0 atom stereocenters. The van der Waals surface area contributed by atoms with Crippen LogP contribution in [0, 0.1) is 5.41 Å². The van der Waals surface area contributed by atoms with Crippen molar-refractivity contribution in [3.8, 4) is 0 Å². The third-order valence-electron chi connectivity index (χ3n) is 2.05. The number of hydrogen-bond acceptors (Lipinski definition) is 2. The van der Waals surface area contributed by atoms with Crippen molar-refractivity contribution in [3.05, 3.63) is 0 Å². The van der Waals surface area contributed by atoms with Crippen LogP contribution in [0.25, 0.3) is 0 Å². The number of halogens is 1. The van der Waals surface area contributed by atoms with Gasteiger partial charge >= 0.3 is 5.97 Å². The fraction of sp³-hybridized carbons (Fsp3) is 0.857. The van der Waals surface area contributed by atoms with E-state index in [4.69, 9.17) is 0 Å². The molecule has 10 heavy (non-hydrogen) atoms. The highest BCUT2D eigenvalue weighted by Gasteiger charge is 2.50. The molecule has 0 aromatic rings. The number of esters is 1. The van der Waals surface area contributed by atoms with Gasteiger partial charge in [0.1, 0.15) is 0 Å². The molecule has 0 aromatic heterocycles. The van der Waals surface area contributed by atoms with Gasteiger partial charge in [-0.1, -0.05) is 0 Å². The van der Waals surface area contributed by atoms with Crippen LogP contribution in [-0.4, -0.2) is 19.8 Å². The van der Waals surface area contributed by atoms with Gasteiger partial charge in [0, 0.05) is 0 Å². The average molecular weight is 146 g/mol. The Labute approximate surface area is 59.4 Å². The molecule has 1 saturated carbocycles. The second kappa shape index (κ2) is 2.56. The minimum atomic E-state index is -0.427. The molecular weight excluding hydrogens is 135 g/mol. The van der Waals surface area contributed by atoms with E-state index in [0.717, 1.165) is 12.8 Å². The number of carbonyl (C=O) groups is 1. The summed E-state index contributed by atoms with van der Waals surface area (Å²) < 4.78 is 16.3. The summed E-state index contributed by atoms with van der Waals surface area (Å²) in [6, 6.07) is 0. The minimum Gasteiger partial charge on any atom is -0.469 e. The lowest BCUT2D eigenvalue weighted by Crippen LogP contribution is -2.17. The maximum absolute atomic E-state index is 11.8. The summed E-state index contributed by atoms with van der Waals surface area (Å²) in [6.07, 6.45) is 1.92. The summed E-state index contributed by atoms with van der Waals surface area (Å²) >= 11 is 0. The molecular formula is C7H11FO2. The molecule has 0 radical (unpaired) electrons. The Balaban J connectivity index is 2.43. The van der Waals surface area contributed by atoms with Crippen molar-refractivity contribution in [2.24, 2.45) is 5.41 Å². The van der Waals surface area contributed by atoms with Gasteiger partial charge in [0.25, 0.3) is 0 Å². The lowest BCUT2D eigenvalue weighted by atomic mass is 10.0. The smallest absolute Gasteiger partial charge is 0.311 e. The maximum Gasteiger partial charge on any atom is 0.311 e. The van der Waals surface area contributed by atoms with Gasteiger partial charge in [0.15, 0.2) is 0 Å². The van der Waals surface area contributed by atoms with Crippen molar-refractivity contribution < 1.29 is 13.9 Å². The standard InChI is InChI=1S/C7H11FO2/c1-10-6(9)7(2-3-7)4-5-8/h2-5H2,1H3. The van der Waals surface area contributed by atoms with Gasteiger partial charge in [0.2, 0.25) is 0 Å². The average Bonchev–Trinajstić information content (AvgIpc) is 2.69. The molecule has 0 aliphatic heterocycles. The van der Waals surface area contributed by atoms with E-state index in [2.05, 4.69) is 4.74 Å². The molecule has 1 fully saturated rings. The van der Waals surface area contributed by atoms with Crippen molar-refractivity contribution in [2.45, 2.75) is 19.3 Å². The van der Waals surface area contributed by atoms with E-state index in [-0.39, 0.29) is 5.97 Å². The zero-order chi connectivity index (χ0) is 7.61. The monoisotopic (exact) mass is 146 g/mol. The van der Waals surface area contributed by atoms with E-state index >= 15 is 0 Å². The summed E-state index contributed by atoms with van der Waals surface area (Å²) in [5.41, 5.74) is -0.427. The van der Waals surface area contributed by atoms with Gasteiger partial charge in [-0.3, -0.25) is 9.18 Å². The molecule has 0 saturated heterocycles. The zero-order valence-corrected chi connectivity index (χ0v) is 6.02. The maximum atomic E-state index is 11.8. The first-order valence-corrected chi connectivity index (χ1v) is 3.39. The first kappa shape index (κ1) is 7.51.